The number of amides is 1. The molecule has 0 aromatic heterocycles. The molecule has 2 fully saturated rings. The fraction of sp³-hybridized carbons (Fsp3) is 0.941. The van der Waals surface area contributed by atoms with Gasteiger partial charge < -0.3 is 10.6 Å². The Kier molecular flexibility index (Phi) is 6.34. The summed E-state index contributed by atoms with van der Waals surface area (Å²) in [4.78, 5) is 12.1. The molecule has 2 rings (SSSR count). The lowest BCUT2D eigenvalue weighted by molar-refractivity contribution is -0.122. The molecule has 1 aliphatic carbocycles. The molecule has 20 heavy (non-hydrogen) atoms. The number of nitrogens with one attached hydrogen (secondary N) is 2. The van der Waals surface area contributed by atoms with Crippen molar-refractivity contribution in [3.05, 3.63) is 0 Å². The van der Waals surface area contributed by atoms with E-state index in [0.717, 1.165) is 43.7 Å². The molecule has 2 aliphatic rings. The first-order valence-corrected chi connectivity index (χ1v) is 8.65. The molecule has 0 bridgehead atoms. The molecular formula is C17H32N2O. The van der Waals surface area contributed by atoms with Gasteiger partial charge in [-0.25, -0.2) is 0 Å². The second-order valence-corrected chi connectivity index (χ2v) is 7.17. The van der Waals surface area contributed by atoms with Crippen molar-refractivity contribution in [2.24, 2.45) is 17.8 Å². The average Bonchev–Trinajstić information content (AvgIpc) is 2.46. The van der Waals surface area contributed by atoms with Crippen LogP contribution in [-0.4, -0.2) is 25.0 Å². The van der Waals surface area contributed by atoms with Gasteiger partial charge in [0.2, 0.25) is 5.91 Å². The van der Waals surface area contributed by atoms with Crippen molar-refractivity contribution in [2.45, 2.75) is 71.3 Å². The zero-order valence-electron chi connectivity index (χ0n) is 13.3. The Bertz CT molecular complexity index is 297. The van der Waals surface area contributed by atoms with Gasteiger partial charge in [0, 0.05) is 12.5 Å². The molecule has 1 saturated carbocycles. The summed E-state index contributed by atoms with van der Waals surface area (Å²) in [5, 5.41) is 6.67. The smallest absolute Gasteiger partial charge is 0.220 e. The van der Waals surface area contributed by atoms with Crippen LogP contribution in [0.1, 0.15) is 65.2 Å². The van der Waals surface area contributed by atoms with Crippen LogP contribution >= 0.6 is 0 Å². The summed E-state index contributed by atoms with van der Waals surface area (Å²) in [6.07, 6.45) is 9.29. The summed E-state index contributed by atoms with van der Waals surface area (Å²) in [5.41, 5.74) is 0. The van der Waals surface area contributed by atoms with Crippen molar-refractivity contribution in [3.63, 3.8) is 0 Å². The van der Waals surface area contributed by atoms with Gasteiger partial charge in [-0.15, -0.1) is 0 Å². The molecule has 116 valence electrons. The molecule has 2 N–H and O–H groups in total. The van der Waals surface area contributed by atoms with Gasteiger partial charge >= 0.3 is 0 Å². The van der Waals surface area contributed by atoms with Crippen LogP contribution in [0.5, 0.6) is 0 Å². The van der Waals surface area contributed by atoms with E-state index in [1.54, 1.807) is 0 Å². The van der Waals surface area contributed by atoms with E-state index in [2.05, 4.69) is 24.5 Å². The first-order chi connectivity index (χ1) is 9.65. The summed E-state index contributed by atoms with van der Waals surface area (Å²) in [5.74, 6) is 2.61. The Labute approximate surface area is 124 Å². The van der Waals surface area contributed by atoms with Crippen molar-refractivity contribution >= 4 is 5.91 Å². The van der Waals surface area contributed by atoms with Crippen LogP contribution in [0.4, 0.5) is 0 Å². The minimum atomic E-state index is 0.290. The third kappa shape index (κ3) is 5.08. The zero-order chi connectivity index (χ0) is 14.4. The molecule has 1 aliphatic heterocycles. The zero-order valence-corrected chi connectivity index (χ0v) is 13.3. The van der Waals surface area contributed by atoms with E-state index < -0.39 is 0 Å². The van der Waals surface area contributed by atoms with E-state index in [0.29, 0.717) is 6.04 Å². The van der Waals surface area contributed by atoms with Gasteiger partial charge in [-0.1, -0.05) is 26.7 Å². The minimum Gasteiger partial charge on any atom is -0.353 e. The highest BCUT2D eigenvalue weighted by atomic mass is 16.1. The lowest BCUT2D eigenvalue weighted by Crippen LogP contribution is -2.39. The van der Waals surface area contributed by atoms with E-state index >= 15 is 0 Å². The lowest BCUT2D eigenvalue weighted by Gasteiger charge is -2.32. The van der Waals surface area contributed by atoms with Gasteiger partial charge in [0.25, 0.3) is 0 Å². The number of hydrogen-bond acceptors (Lipinski definition) is 2. The molecule has 2 atom stereocenters. The van der Waals surface area contributed by atoms with E-state index in [1.807, 2.05) is 0 Å². The molecular weight excluding hydrogens is 248 g/mol. The molecule has 0 aromatic carbocycles. The van der Waals surface area contributed by atoms with E-state index in [1.165, 1.54) is 38.5 Å². The van der Waals surface area contributed by atoms with Crippen LogP contribution in [0.2, 0.25) is 0 Å². The van der Waals surface area contributed by atoms with Crippen LogP contribution in [0.3, 0.4) is 0 Å². The SMILES string of the molecule is CC(C)C1CCCC(NC(=O)CCC2CCNCC2)C1. The van der Waals surface area contributed by atoms with Gasteiger partial charge in [-0.2, -0.15) is 0 Å². The molecule has 0 radical (unpaired) electrons. The standard InChI is InChI=1S/C17H32N2O/c1-13(2)15-4-3-5-16(12-15)19-17(20)7-6-14-8-10-18-11-9-14/h13-16,18H,3-12H2,1-2H3,(H,19,20). The molecule has 1 heterocycles. The maximum atomic E-state index is 12.1. The topological polar surface area (TPSA) is 41.1 Å². The third-order valence-electron chi connectivity index (χ3n) is 5.26. The van der Waals surface area contributed by atoms with E-state index in [-0.39, 0.29) is 5.91 Å². The summed E-state index contributed by atoms with van der Waals surface area (Å²) in [6, 6.07) is 0.441. The maximum absolute atomic E-state index is 12.1. The van der Waals surface area contributed by atoms with Crippen LogP contribution in [0.15, 0.2) is 0 Å². The van der Waals surface area contributed by atoms with Crippen molar-refractivity contribution in [3.8, 4) is 0 Å². The van der Waals surface area contributed by atoms with Crippen LogP contribution < -0.4 is 10.6 Å². The van der Waals surface area contributed by atoms with Crippen molar-refractivity contribution in [2.75, 3.05) is 13.1 Å². The van der Waals surface area contributed by atoms with E-state index in [4.69, 9.17) is 0 Å². The normalized spacial score (nSPS) is 28.6. The Hall–Kier alpha value is -0.570. The molecule has 0 aromatic rings. The number of carbonyl (C=O) groups excluding carboxylic acids is 1. The quantitative estimate of drug-likeness (QED) is 0.812. The van der Waals surface area contributed by atoms with Gasteiger partial charge in [0.15, 0.2) is 0 Å². The highest BCUT2D eigenvalue weighted by Crippen LogP contribution is 2.30. The highest BCUT2D eigenvalue weighted by molar-refractivity contribution is 5.76. The van der Waals surface area contributed by atoms with Gasteiger partial charge in [0.1, 0.15) is 0 Å². The van der Waals surface area contributed by atoms with Crippen molar-refractivity contribution in [1.29, 1.82) is 0 Å². The largest absolute Gasteiger partial charge is 0.353 e. The fourth-order valence-electron chi connectivity index (χ4n) is 3.77. The van der Waals surface area contributed by atoms with Gasteiger partial charge in [0.05, 0.1) is 0 Å². The Morgan fingerprint density at radius 2 is 1.95 bits per heavy atom. The molecule has 1 amide bonds. The molecule has 0 spiro atoms. The lowest BCUT2D eigenvalue weighted by atomic mass is 9.79. The Morgan fingerprint density at radius 3 is 2.65 bits per heavy atom. The van der Waals surface area contributed by atoms with Gasteiger partial charge in [-0.3, -0.25) is 4.79 Å². The maximum Gasteiger partial charge on any atom is 0.220 e. The second kappa shape index (κ2) is 8.02. The average molecular weight is 280 g/mol. The monoisotopic (exact) mass is 280 g/mol. The number of carbonyl (C=O) groups is 1. The summed E-state index contributed by atoms with van der Waals surface area (Å²) < 4.78 is 0. The van der Waals surface area contributed by atoms with Gasteiger partial charge in [-0.05, 0) is 62.9 Å². The first kappa shape index (κ1) is 15.8. The number of hydrogen-bond donors (Lipinski definition) is 2. The number of rotatable bonds is 5. The van der Waals surface area contributed by atoms with Crippen LogP contribution in [0, 0.1) is 17.8 Å². The molecule has 3 heteroatoms. The van der Waals surface area contributed by atoms with Crippen molar-refractivity contribution in [1.82, 2.24) is 10.6 Å². The first-order valence-electron chi connectivity index (χ1n) is 8.65. The molecule has 2 unspecified atom stereocenters. The van der Waals surface area contributed by atoms with Crippen LogP contribution in [-0.2, 0) is 4.79 Å². The van der Waals surface area contributed by atoms with E-state index in [9.17, 15) is 4.79 Å². The Balaban J connectivity index is 1.65. The Morgan fingerprint density at radius 1 is 1.20 bits per heavy atom. The van der Waals surface area contributed by atoms with Crippen LogP contribution in [0.25, 0.3) is 0 Å². The predicted octanol–water partition coefficient (Wildman–Crippen LogP) is 3.10. The fourth-order valence-corrected chi connectivity index (χ4v) is 3.77. The predicted molar refractivity (Wildman–Crippen MR) is 83.6 cm³/mol. The summed E-state index contributed by atoms with van der Waals surface area (Å²) >= 11 is 0. The summed E-state index contributed by atoms with van der Waals surface area (Å²) in [7, 11) is 0. The third-order valence-corrected chi connectivity index (χ3v) is 5.26. The second-order valence-electron chi connectivity index (χ2n) is 7.17. The number of piperidine rings is 1. The molecule has 1 saturated heterocycles. The molecule has 3 nitrogen and oxygen atoms in total. The minimum absolute atomic E-state index is 0.290. The summed E-state index contributed by atoms with van der Waals surface area (Å²) in [6.45, 7) is 6.88. The van der Waals surface area contributed by atoms with Crippen molar-refractivity contribution < 1.29 is 4.79 Å². The highest BCUT2D eigenvalue weighted by Gasteiger charge is 2.25.